The van der Waals surface area contributed by atoms with Gasteiger partial charge in [0.2, 0.25) is 0 Å². The maximum Gasteiger partial charge on any atom is 0.469 e. The molecule has 0 bridgehead atoms. The van der Waals surface area contributed by atoms with E-state index in [2.05, 4.69) is 19.4 Å². The van der Waals surface area contributed by atoms with Gasteiger partial charge in [-0.25, -0.2) is 4.57 Å². The number of hydrogen-bond acceptors (Lipinski definition) is 5. The standard InChI is InChI=1S/C2H2N2O.CH5O4P/c1-2-5-4-3-1;1-5-6(2,3)4/h1-2H;1H3,(H2,2,3,4). The van der Waals surface area contributed by atoms with Crippen molar-refractivity contribution in [2.45, 2.75) is 0 Å². The smallest absolute Gasteiger partial charge is 0.346 e. The fourth-order valence-corrected chi connectivity index (χ4v) is 0.136. The zero-order chi connectivity index (χ0) is 8.74. The number of rotatable bonds is 1. The molecule has 7 nitrogen and oxygen atoms in total. The fourth-order valence-electron chi connectivity index (χ4n) is 0.136. The summed E-state index contributed by atoms with van der Waals surface area (Å²) in [5, 5.41) is 6.40. The number of phosphoric ester groups is 1. The van der Waals surface area contributed by atoms with Crippen LogP contribution in [0.1, 0.15) is 0 Å². The second-order valence-electron chi connectivity index (χ2n) is 1.26. The molecule has 1 heterocycles. The van der Waals surface area contributed by atoms with E-state index in [4.69, 9.17) is 9.79 Å². The molecule has 0 unspecified atom stereocenters. The minimum absolute atomic E-state index is 0.945. The van der Waals surface area contributed by atoms with Crippen molar-refractivity contribution in [2.24, 2.45) is 0 Å². The van der Waals surface area contributed by atoms with E-state index in [1.165, 1.54) is 12.5 Å². The first-order valence-corrected chi connectivity index (χ1v) is 3.91. The third-order valence-electron chi connectivity index (χ3n) is 0.520. The van der Waals surface area contributed by atoms with Gasteiger partial charge < -0.3 is 14.3 Å². The molecule has 0 amide bonds. The summed E-state index contributed by atoms with van der Waals surface area (Å²) < 4.78 is 17.3. The topological polar surface area (TPSA) is 106 Å². The van der Waals surface area contributed by atoms with Crippen LogP contribution in [0.4, 0.5) is 0 Å². The molecule has 0 aliphatic rings. The number of aromatic nitrogens is 2. The van der Waals surface area contributed by atoms with Crippen LogP contribution in [0.5, 0.6) is 0 Å². The van der Waals surface area contributed by atoms with Crippen LogP contribution < -0.4 is 0 Å². The van der Waals surface area contributed by atoms with Crippen LogP contribution in [0.3, 0.4) is 0 Å². The number of hydrogen-bond donors (Lipinski definition) is 2. The molecule has 2 N–H and O–H groups in total. The summed E-state index contributed by atoms with van der Waals surface area (Å²) >= 11 is 0. The Morgan fingerprint density at radius 2 is 2.18 bits per heavy atom. The van der Waals surface area contributed by atoms with Crippen molar-refractivity contribution in [3.63, 3.8) is 0 Å². The Bertz CT molecular complexity index is 188. The van der Waals surface area contributed by atoms with E-state index >= 15 is 0 Å². The predicted octanol–water partition coefficient (Wildman–Crippen LogP) is -0.205. The van der Waals surface area contributed by atoms with Crippen molar-refractivity contribution in [1.29, 1.82) is 0 Å². The highest BCUT2D eigenvalue weighted by Gasteiger charge is 2.07. The Morgan fingerprint density at radius 3 is 2.27 bits per heavy atom. The monoisotopic (exact) mass is 182 g/mol. The molecule has 1 rings (SSSR count). The summed E-state index contributed by atoms with van der Waals surface area (Å²) in [6.45, 7) is 0. The third kappa shape index (κ3) is 9.25. The maximum atomic E-state index is 9.47. The molecule has 0 aliphatic carbocycles. The van der Waals surface area contributed by atoms with Crippen LogP contribution in [0.2, 0.25) is 0 Å². The van der Waals surface area contributed by atoms with E-state index in [1.807, 2.05) is 0 Å². The second kappa shape index (κ2) is 4.97. The highest BCUT2D eigenvalue weighted by Crippen LogP contribution is 2.33. The zero-order valence-electron chi connectivity index (χ0n) is 5.62. The van der Waals surface area contributed by atoms with E-state index < -0.39 is 7.82 Å². The van der Waals surface area contributed by atoms with E-state index in [-0.39, 0.29) is 0 Å². The van der Waals surface area contributed by atoms with Gasteiger partial charge in [-0.3, -0.25) is 4.52 Å². The SMILES string of the molecule is COP(=O)(O)O.c1conn1. The van der Waals surface area contributed by atoms with Crippen LogP contribution in [-0.4, -0.2) is 27.3 Å². The third-order valence-corrected chi connectivity index (χ3v) is 0.996. The molecule has 1 aromatic heterocycles. The molecule has 0 saturated carbocycles. The summed E-state index contributed by atoms with van der Waals surface area (Å²) in [6.07, 6.45) is 2.88. The molecule has 0 saturated heterocycles. The van der Waals surface area contributed by atoms with Crippen LogP contribution in [-0.2, 0) is 9.09 Å². The molecule has 64 valence electrons. The maximum absolute atomic E-state index is 9.47. The molecule has 0 radical (unpaired) electrons. The minimum atomic E-state index is -4.15. The molecule has 1 aromatic rings. The van der Waals surface area contributed by atoms with E-state index in [9.17, 15) is 4.57 Å². The zero-order valence-corrected chi connectivity index (χ0v) is 6.51. The van der Waals surface area contributed by atoms with Gasteiger partial charge in [0, 0.05) is 12.4 Å². The average molecular weight is 182 g/mol. The first kappa shape index (κ1) is 10.2. The molecule has 0 spiro atoms. The Morgan fingerprint density at radius 1 is 1.64 bits per heavy atom. The summed E-state index contributed by atoms with van der Waals surface area (Å²) in [7, 11) is -3.20. The van der Waals surface area contributed by atoms with Gasteiger partial charge in [0.15, 0.2) is 0 Å². The van der Waals surface area contributed by atoms with Crippen LogP contribution in [0.25, 0.3) is 0 Å². The first-order valence-electron chi connectivity index (χ1n) is 2.38. The summed E-state index contributed by atoms with van der Waals surface area (Å²) in [6, 6.07) is 0. The van der Waals surface area contributed by atoms with Crippen LogP contribution >= 0.6 is 7.82 Å². The van der Waals surface area contributed by atoms with E-state index in [1.54, 1.807) is 0 Å². The van der Waals surface area contributed by atoms with Crippen molar-refractivity contribution in [2.75, 3.05) is 7.11 Å². The lowest BCUT2D eigenvalue weighted by Crippen LogP contribution is -1.76. The molecule has 0 aliphatic heterocycles. The van der Waals surface area contributed by atoms with Gasteiger partial charge in [0.1, 0.15) is 6.26 Å². The molecular formula is C3H7N2O5P. The fraction of sp³-hybridized carbons (Fsp3) is 0.333. The summed E-state index contributed by atoms with van der Waals surface area (Å²) in [5.74, 6) is 0. The van der Waals surface area contributed by atoms with E-state index in [0.29, 0.717) is 0 Å². The van der Waals surface area contributed by atoms with Gasteiger partial charge in [-0.1, -0.05) is 0 Å². The lowest BCUT2D eigenvalue weighted by molar-refractivity contribution is 0.235. The molecule has 0 fully saturated rings. The van der Waals surface area contributed by atoms with Crippen molar-refractivity contribution in [3.05, 3.63) is 12.5 Å². The summed E-state index contributed by atoms with van der Waals surface area (Å²) in [4.78, 5) is 15.4. The summed E-state index contributed by atoms with van der Waals surface area (Å²) in [5.41, 5.74) is 0. The first-order chi connectivity index (χ1) is 5.06. The Hall–Kier alpha value is -0.750. The number of nitrogens with zero attached hydrogens (tertiary/aromatic N) is 2. The van der Waals surface area contributed by atoms with Crippen LogP contribution in [0, 0.1) is 0 Å². The van der Waals surface area contributed by atoms with Crippen molar-refractivity contribution in [1.82, 2.24) is 10.4 Å². The predicted molar refractivity (Wildman–Crippen MR) is 33.4 cm³/mol. The van der Waals surface area contributed by atoms with Crippen molar-refractivity contribution >= 4 is 7.82 Å². The number of phosphoric acid groups is 1. The van der Waals surface area contributed by atoms with Gasteiger partial charge in [-0.15, -0.1) is 5.10 Å². The molecule has 0 aromatic carbocycles. The van der Waals surface area contributed by atoms with Gasteiger partial charge in [-0.05, 0) is 0 Å². The van der Waals surface area contributed by atoms with Crippen molar-refractivity contribution < 1.29 is 23.4 Å². The molecule has 11 heavy (non-hydrogen) atoms. The van der Waals surface area contributed by atoms with Crippen molar-refractivity contribution in [3.8, 4) is 0 Å². The van der Waals surface area contributed by atoms with E-state index in [0.717, 1.165) is 7.11 Å². The molecule has 0 atom stereocenters. The lowest BCUT2D eigenvalue weighted by Gasteiger charge is -1.93. The van der Waals surface area contributed by atoms with Gasteiger partial charge in [-0.2, -0.15) is 0 Å². The average Bonchev–Trinajstić information content (AvgIpc) is 2.41. The Balaban J connectivity index is 0.000000183. The molecular weight excluding hydrogens is 175 g/mol. The lowest BCUT2D eigenvalue weighted by atomic mass is 11.0. The second-order valence-corrected chi connectivity index (χ2v) is 2.61. The van der Waals surface area contributed by atoms with Gasteiger partial charge >= 0.3 is 7.82 Å². The Labute approximate surface area is 62.2 Å². The van der Waals surface area contributed by atoms with Gasteiger partial charge in [0.05, 0.1) is 6.20 Å². The highest BCUT2D eigenvalue weighted by molar-refractivity contribution is 7.46. The Kier molecular flexibility index (Phi) is 4.64. The normalized spacial score (nSPS) is 10.1. The largest absolute Gasteiger partial charge is 0.469 e. The highest BCUT2D eigenvalue weighted by atomic mass is 31.2. The van der Waals surface area contributed by atoms with Gasteiger partial charge in [0.25, 0.3) is 0 Å². The minimum Gasteiger partial charge on any atom is -0.346 e. The quantitative estimate of drug-likeness (QED) is 0.579. The molecule has 8 heteroatoms. The van der Waals surface area contributed by atoms with Crippen LogP contribution in [0.15, 0.2) is 17.0 Å².